The third-order valence-corrected chi connectivity index (χ3v) is 5.21. The van der Waals surface area contributed by atoms with Crippen LogP contribution in [0.4, 0.5) is 0 Å². The standard InChI is InChI=1S/C14H24N4O3S/c1-4-12-15-8-13(16-12)22(20,21)17-11-6-5-7-18(9-11)14(19)10(2)3/h8,10-11,17H,4-7,9H2,1-3H3,(H,15,16). The number of likely N-dealkylation sites (tertiary alicyclic amines) is 1. The molecule has 7 nitrogen and oxygen atoms in total. The van der Waals surface area contributed by atoms with Gasteiger partial charge in [0.25, 0.3) is 10.0 Å². The zero-order chi connectivity index (χ0) is 16.3. The van der Waals surface area contributed by atoms with Crippen LogP contribution in [0.5, 0.6) is 0 Å². The van der Waals surface area contributed by atoms with Crippen molar-refractivity contribution in [3.8, 4) is 0 Å². The average molecular weight is 328 g/mol. The van der Waals surface area contributed by atoms with E-state index in [1.54, 1.807) is 4.90 Å². The maximum absolute atomic E-state index is 12.4. The SMILES string of the molecule is CCc1ncc(S(=O)(=O)NC2CCCN(C(=O)C(C)C)C2)[nH]1. The number of aromatic amines is 1. The molecule has 0 radical (unpaired) electrons. The fourth-order valence-electron chi connectivity index (χ4n) is 2.58. The minimum atomic E-state index is -3.62. The van der Waals surface area contributed by atoms with Gasteiger partial charge in [-0.1, -0.05) is 20.8 Å². The molecule has 1 saturated heterocycles. The first-order valence-corrected chi connectivity index (χ1v) is 9.16. The Labute approximate surface area is 131 Å². The van der Waals surface area contributed by atoms with Gasteiger partial charge < -0.3 is 9.88 Å². The highest BCUT2D eigenvalue weighted by Gasteiger charge is 2.29. The van der Waals surface area contributed by atoms with E-state index in [-0.39, 0.29) is 22.9 Å². The van der Waals surface area contributed by atoms with Crippen molar-refractivity contribution < 1.29 is 13.2 Å². The quantitative estimate of drug-likeness (QED) is 0.839. The molecule has 1 aliphatic rings. The summed E-state index contributed by atoms with van der Waals surface area (Å²) in [4.78, 5) is 20.6. The summed E-state index contributed by atoms with van der Waals surface area (Å²) in [6, 6.07) is -0.255. The number of sulfonamides is 1. The molecule has 2 N–H and O–H groups in total. The van der Waals surface area contributed by atoms with Gasteiger partial charge in [0.2, 0.25) is 5.91 Å². The Morgan fingerprint density at radius 1 is 1.55 bits per heavy atom. The van der Waals surface area contributed by atoms with Crippen molar-refractivity contribution in [2.24, 2.45) is 5.92 Å². The van der Waals surface area contributed by atoms with Gasteiger partial charge in [-0.25, -0.2) is 18.1 Å². The van der Waals surface area contributed by atoms with Crippen molar-refractivity contribution >= 4 is 15.9 Å². The number of rotatable bonds is 5. The summed E-state index contributed by atoms with van der Waals surface area (Å²) in [5.41, 5.74) is 0. The van der Waals surface area contributed by atoms with E-state index in [1.165, 1.54) is 6.20 Å². The Bertz CT molecular complexity index is 624. The van der Waals surface area contributed by atoms with E-state index in [0.29, 0.717) is 25.3 Å². The smallest absolute Gasteiger partial charge is 0.257 e. The van der Waals surface area contributed by atoms with E-state index in [0.717, 1.165) is 12.8 Å². The predicted molar refractivity (Wildman–Crippen MR) is 82.7 cm³/mol. The summed E-state index contributed by atoms with van der Waals surface area (Å²) in [6.45, 7) is 6.73. The molecule has 1 fully saturated rings. The molecule has 8 heteroatoms. The minimum absolute atomic E-state index is 0.0682. The predicted octanol–water partition coefficient (Wildman–Crippen LogP) is 0.897. The van der Waals surface area contributed by atoms with Crippen LogP contribution >= 0.6 is 0 Å². The summed E-state index contributed by atoms with van der Waals surface area (Å²) in [6.07, 6.45) is 3.52. The number of aromatic nitrogens is 2. The van der Waals surface area contributed by atoms with Gasteiger partial charge in [0, 0.05) is 31.5 Å². The van der Waals surface area contributed by atoms with E-state index in [1.807, 2.05) is 20.8 Å². The number of nitrogens with one attached hydrogen (secondary N) is 2. The van der Waals surface area contributed by atoms with Crippen molar-refractivity contribution in [2.75, 3.05) is 13.1 Å². The maximum Gasteiger partial charge on any atom is 0.257 e. The van der Waals surface area contributed by atoms with E-state index in [9.17, 15) is 13.2 Å². The fraction of sp³-hybridized carbons (Fsp3) is 0.714. The summed E-state index contributed by atoms with van der Waals surface area (Å²) >= 11 is 0. The second kappa shape index (κ2) is 6.78. The zero-order valence-electron chi connectivity index (χ0n) is 13.3. The number of carbonyl (C=O) groups is 1. The molecule has 1 atom stereocenters. The molecule has 0 bridgehead atoms. The lowest BCUT2D eigenvalue weighted by molar-refractivity contribution is -0.135. The first-order valence-electron chi connectivity index (χ1n) is 7.68. The van der Waals surface area contributed by atoms with Crippen LogP contribution in [0, 0.1) is 5.92 Å². The second-order valence-corrected chi connectivity index (χ2v) is 7.63. The Morgan fingerprint density at radius 2 is 2.27 bits per heavy atom. The van der Waals surface area contributed by atoms with Crippen LogP contribution in [-0.2, 0) is 21.2 Å². The molecule has 0 spiro atoms. The van der Waals surface area contributed by atoms with Crippen LogP contribution in [0.3, 0.4) is 0 Å². The molecule has 1 aliphatic heterocycles. The van der Waals surface area contributed by atoms with Crippen LogP contribution in [0.25, 0.3) is 0 Å². The molecule has 0 aliphatic carbocycles. The normalized spacial score (nSPS) is 19.6. The second-order valence-electron chi connectivity index (χ2n) is 5.95. The van der Waals surface area contributed by atoms with Crippen LogP contribution in [0.15, 0.2) is 11.2 Å². The van der Waals surface area contributed by atoms with Crippen molar-refractivity contribution in [2.45, 2.75) is 51.1 Å². The van der Waals surface area contributed by atoms with Gasteiger partial charge >= 0.3 is 0 Å². The number of carbonyl (C=O) groups excluding carboxylic acids is 1. The highest BCUT2D eigenvalue weighted by Crippen LogP contribution is 2.15. The van der Waals surface area contributed by atoms with Crippen LogP contribution in [0.2, 0.25) is 0 Å². The maximum atomic E-state index is 12.4. The molecule has 1 amide bonds. The number of amides is 1. The highest BCUT2D eigenvalue weighted by molar-refractivity contribution is 7.89. The van der Waals surface area contributed by atoms with Gasteiger partial charge in [0.1, 0.15) is 5.82 Å². The number of nitrogens with zero attached hydrogens (tertiary/aromatic N) is 2. The Morgan fingerprint density at radius 3 is 2.86 bits per heavy atom. The molecule has 22 heavy (non-hydrogen) atoms. The van der Waals surface area contributed by atoms with Gasteiger partial charge in [0.05, 0.1) is 6.20 Å². The van der Waals surface area contributed by atoms with Gasteiger partial charge in [-0.05, 0) is 12.8 Å². The lowest BCUT2D eigenvalue weighted by atomic mass is 10.0. The average Bonchev–Trinajstić information content (AvgIpc) is 2.96. The first-order chi connectivity index (χ1) is 10.3. The Hall–Kier alpha value is -1.41. The van der Waals surface area contributed by atoms with Crippen LogP contribution in [0.1, 0.15) is 39.4 Å². The molecule has 1 aromatic rings. The van der Waals surface area contributed by atoms with Gasteiger partial charge in [-0.15, -0.1) is 0 Å². The van der Waals surface area contributed by atoms with Crippen LogP contribution < -0.4 is 4.72 Å². The number of H-pyrrole nitrogens is 1. The van der Waals surface area contributed by atoms with Crippen LogP contribution in [-0.4, -0.2) is 48.3 Å². The monoisotopic (exact) mass is 328 g/mol. The number of piperidine rings is 1. The Balaban J connectivity index is 2.04. The molecule has 124 valence electrons. The van der Waals surface area contributed by atoms with E-state index < -0.39 is 10.0 Å². The van der Waals surface area contributed by atoms with E-state index >= 15 is 0 Å². The number of hydrogen-bond acceptors (Lipinski definition) is 4. The van der Waals surface area contributed by atoms with Crippen molar-refractivity contribution in [3.05, 3.63) is 12.0 Å². The lowest BCUT2D eigenvalue weighted by Gasteiger charge is -2.33. The molecule has 0 saturated carbocycles. The molecule has 1 aromatic heterocycles. The molecular formula is C14H24N4O3S. The first kappa shape index (κ1) is 17.0. The zero-order valence-corrected chi connectivity index (χ0v) is 14.1. The third kappa shape index (κ3) is 3.86. The Kier molecular flexibility index (Phi) is 5.23. The largest absolute Gasteiger partial charge is 0.341 e. The van der Waals surface area contributed by atoms with Gasteiger partial charge in [-0.3, -0.25) is 4.79 Å². The summed E-state index contributed by atoms with van der Waals surface area (Å²) in [7, 11) is -3.62. The van der Waals surface area contributed by atoms with E-state index in [4.69, 9.17) is 0 Å². The molecule has 0 aromatic carbocycles. The van der Waals surface area contributed by atoms with Gasteiger partial charge in [-0.2, -0.15) is 0 Å². The number of hydrogen-bond donors (Lipinski definition) is 2. The van der Waals surface area contributed by atoms with Crippen molar-refractivity contribution in [3.63, 3.8) is 0 Å². The molecular weight excluding hydrogens is 304 g/mol. The number of imidazole rings is 1. The molecule has 2 heterocycles. The lowest BCUT2D eigenvalue weighted by Crippen LogP contribution is -2.50. The fourth-order valence-corrected chi connectivity index (χ4v) is 3.78. The van der Waals surface area contributed by atoms with E-state index in [2.05, 4.69) is 14.7 Å². The minimum Gasteiger partial charge on any atom is -0.341 e. The molecule has 1 unspecified atom stereocenters. The summed E-state index contributed by atoms with van der Waals surface area (Å²) < 4.78 is 27.4. The van der Waals surface area contributed by atoms with Gasteiger partial charge in [0.15, 0.2) is 5.03 Å². The van der Waals surface area contributed by atoms with Crippen molar-refractivity contribution in [1.29, 1.82) is 0 Å². The topological polar surface area (TPSA) is 95.2 Å². The summed E-state index contributed by atoms with van der Waals surface area (Å²) in [5.74, 6) is 0.634. The number of aryl methyl sites for hydroxylation is 1. The van der Waals surface area contributed by atoms with Crippen molar-refractivity contribution in [1.82, 2.24) is 19.6 Å². The molecule has 2 rings (SSSR count). The third-order valence-electron chi connectivity index (χ3n) is 3.78. The summed E-state index contributed by atoms with van der Waals surface area (Å²) in [5, 5.41) is 0.0802. The highest BCUT2D eigenvalue weighted by atomic mass is 32.2.